The molecule has 3 rings (SSSR count). The van der Waals surface area contributed by atoms with Crippen LogP contribution in [0.15, 0.2) is 40.5 Å². The Morgan fingerprint density at radius 2 is 1.62 bits per heavy atom. The summed E-state index contributed by atoms with van der Waals surface area (Å²) in [5.74, 6) is 0. The predicted octanol–water partition coefficient (Wildman–Crippen LogP) is 7.94. The second-order valence-corrected chi connectivity index (χ2v) is 15.3. The van der Waals surface area contributed by atoms with E-state index in [0.717, 1.165) is 57.4 Å². The van der Waals surface area contributed by atoms with Gasteiger partial charge in [0.2, 0.25) is 0 Å². The maximum absolute atomic E-state index is 16.5. The molecule has 0 bridgehead atoms. The van der Waals surface area contributed by atoms with E-state index in [9.17, 15) is 0 Å². The Kier molecular flexibility index (Phi) is 5.10. The summed E-state index contributed by atoms with van der Waals surface area (Å²) in [5.41, 5.74) is 8.19. The first-order valence-electron chi connectivity index (χ1n) is 9.63. The summed E-state index contributed by atoms with van der Waals surface area (Å²) >= 11 is -5.66. The topological polar surface area (TPSA) is 0 Å². The number of hydrogen-bond donors (Lipinski definition) is 0. The van der Waals surface area contributed by atoms with Gasteiger partial charge in [-0.2, -0.15) is 0 Å². The summed E-state index contributed by atoms with van der Waals surface area (Å²) in [6.07, 6.45) is 5.47. The minimum absolute atomic E-state index is 0.662. The molecule has 26 heavy (non-hydrogen) atoms. The van der Waals surface area contributed by atoms with Gasteiger partial charge in [0.15, 0.2) is 0 Å². The van der Waals surface area contributed by atoms with Crippen molar-refractivity contribution in [2.75, 3.05) is 0 Å². The van der Waals surface area contributed by atoms with Gasteiger partial charge in [-0.25, -0.2) is 0 Å². The van der Waals surface area contributed by atoms with Crippen molar-refractivity contribution in [3.05, 3.63) is 62.8 Å². The number of aryl methyl sites for hydroxylation is 2. The summed E-state index contributed by atoms with van der Waals surface area (Å²) in [5, 5.41) is 0. The van der Waals surface area contributed by atoms with E-state index in [2.05, 4.69) is 6.92 Å². The van der Waals surface area contributed by atoms with Gasteiger partial charge in [-0.05, 0) is 0 Å². The van der Waals surface area contributed by atoms with Crippen LogP contribution in [-0.2, 0) is 21.5 Å². The molecule has 2 unspecified atom stereocenters. The first-order valence-corrected chi connectivity index (χ1v) is 14.1. The molecule has 0 saturated carbocycles. The standard InChI is InChI=1S/C12H19.C11H11.2FH.Zr/c1-6-7-12-10(4)8(2)9(3)11(12)5;1-8-6-7-9(2)11-5-3-4-10(8)11;;;/h6-7H2,1-5H3;3-7H,1-2H3;2*1H;/q;;;;+2/p-2. The molecule has 0 nitrogen and oxygen atoms in total. The van der Waals surface area contributed by atoms with Crippen molar-refractivity contribution in [2.24, 2.45) is 0 Å². The van der Waals surface area contributed by atoms with Crippen molar-refractivity contribution in [3.63, 3.8) is 0 Å². The van der Waals surface area contributed by atoms with E-state index in [1.807, 2.05) is 65.8 Å². The van der Waals surface area contributed by atoms with Crippen molar-refractivity contribution in [1.82, 2.24) is 0 Å². The molecule has 1 aromatic carbocycles. The fraction of sp³-hybridized carbons (Fsp3) is 0.478. The molecule has 0 N–H and O–H groups in total. The van der Waals surface area contributed by atoms with Crippen LogP contribution in [0, 0.1) is 13.8 Å². The molecule has 0 saturated heterocycles. The SMILES string of the molecule is CCCC1=C(C)C(C)=C(C)[C]1(C)[Zr]([F])([F])[CH]1C=Cc2c(C)ccc(C)c21. The Bertz CT molecular complexity index is 857. The van der Waals surface area contributed by atoms with Crippen molar-refractivity contribution >= 4 is 6.08 Å². The molecule has 0 aliphatic heterocycles. The third-order valence-corrected chi connectivity index (χ3v) is 15.0. The van der Waals surface area contributed by atoms with E-state index in [4.69, 9.17) is 0 Å². The van der Waals surface area contributed by atoms with Crippen LogP contribution in [0.5, 0.6) is 0 Å². The Morgan fingerprint density at radius 3 is 2.23 bits per heavy atom. The summed E-state index contributed by atoms with van der Waals surface area (Å²) in [6, 6.07) is 4.06. The molecule has 140 valence electrons. The number of halogens is 2. The van der Waals surface area contributed by atoms with Crippen molar-refractivity contribution in [2.45, 2.75) is 68.1 Å². The third kappa shape index (κ3) is 2.53. The molecular weight excluding hydrogens is 405 g/mol. The molecule has 1 aromatic rings. The van der Waals surface area contributed by atoms with Gasteiger partial charge in [0.1, 0.15) is 0 Å². The molecule has 0 amide bonds. The molecule has 0 spiro atoms. The molecule has 0 radical (unpaired) electrons. The summed E-state index contributed by atoms with van der Waals surface area (Å²) in [7, 11) is 0. The average molecular weight is 436 g/mol. The minimum atomic E-state index is -5.66. The molecule has 0 heterocycles. The number of rotatable bonds is 4. The van der Waals surface area contributed by atoms with Crippen LogP contribution in [0.1, 0.15) is 73.3 Å². The Balaban J connectivity index is 2.19. The molecule has 2 atom stereocenters. The second-order valence-electron chi connectivity index (χ2n) is 8.22. The van der Waals surface area contributed by atoms with Gasteiger partial charge in [-0.1, -0.05) is 0 Å². The second kappa shape index (κ2) is 6.66. The zero-order chi connectivity index (χ0) is 19.4. The molecule has 0 fully saturated rings. The zero-order valence-corrected chi connectivity index (χ0v) is 19.5. The van der Waals surface area contributed by atoms with Crippen LogP contribution >= 0.6 is 0 Å². The van der Waals surface area contributed by atoms with E-state index < -0.39 is 28.2 Å². The van der Waals surface area contributed by atoms with E-state index in [0.29, 0.717) is 0 Å². The third-order valence-electron chi connectivity index (χ3n) is 6.98. The van der Waals surface area contributed by atoms with Crippen molar-refractivity contribution in [3.8, 4) is 0 Å². The van der Waals surface area contributed by atoms with Gasteiger partial charge >= 0.3 is 164 Å². The van der Waals surface area contributed by atoms with Crippen LogP contribution < -0.4 is 0 Å². The van der Waals surface area contributed by atoms with Crippen molar-refractivity contribution < 1.29 is 26.7 Å². The van der Waals surface area contributed by atoms with E-state index >= 15 is 5.25 Å². The summed E-state index contributed by atoms with van der Waals surface area (Å²) in [4.78, 5) is 0. The van der Waals surface area contributed by atoms with Crippen LogP contribution in [0.2, 0.25) is 3.12 Å². The predicted molar refractivity (Wildman–Crippen MR) is 104 cm³/mol. The van der Waals surface area contributed by atoms with Gasteiger partial charge in [-0.3, -0.25) is 0 Å². The van der Waals surface area contributed by atoms with Crippen molar-refractivity contribution in [1.29, 1.82) is 0 Å². The molecular formula is C23H30F2Zr. The van der Waals surface area contributed by atoms with Crippen LogP contribution in [0.25, 0.3) is 6.08 Å². The zero-order valence-electron chi connectivity index (χ0n) is 17.1. The van der Waals surface area contributed by atoms with Gasteiger partial charge in [0, 0.05) is 0 Å². The first-order chi connectivity index (χ1) is 12.1. The number of benzene rings is 1. The molecule has 2 aliphatic carbocycles. The fourth-order valence-corrected chi connectivity index (χ4v) is 12.7. The van der Waals surface area contributed by atoms with Gasteiger partial charge in [0.05, 0.1) is 0 Å². The normalized spacial score (nSPS) is 25.5. The van der Waals surface area contributed by atoms with Crippen LogP contribution in [0.3, 0.4) is 0 Å². The van der Waals surface area contributed by atoms with Gasteiger partial charge < -0.3 is 0 Å². The molecule has 3 heteroatoms. The monoisotopic (exact) mass is 434 g/mol. The fourth-order valence-electron chi connectivity index (χ4n) is 5.01. The van der Waals surface area contributed by atoms with E-state index in [1.54, 1.807) is 0 Å². The maximum atomic E-state index is 16.5. The quantitative estimate of drug-likeness (QED) is 0.450. The number of allylic oxidation sites excluding steroid dienone is 5. The molecule has 2 aliphatic rings. The number of hydrogen-bond acceptors (Lipinski definition) is 0. The summed E-state index contributed by atoms with van der Waals surface area (Å²) < 4.78 is 31.3. The Hall–Kier alpha value is -0.817. The summed E-state index contributed by atoms with van der Waals surface area (Å²) in [6.45, 7) is 14.0. The average Bonchev–Trinajstić information content (AvgIpc) is 3.12. The molecule has 0 aromatic heterocycles. The van der Waals surface area contributed by atoms with Gasteiger partial charge in [0.25, 0.3) is 0 Å². The van der Waals surface area contributed by atoms with Crippen LogP contribution in [-0.4, -0.2) is 0 Å². The Labute approximate surface area is 163 Å². The van der Waals surface area contributed by atoms with Gasteiger partial charge in [-0.15, -0.1) is 0 Å². The van der Waals surface area contributed by atoms with E-state index in [-0.39, 0.29) is 0 Å². The first kappa shape index (κ1) is 19.9. The van der Waals surface area contributed by atoms with Crippen LogP contribution in [0.4, 0.5) is 5.25 Å². The number of fused-ring (bicyclic) bond motifs is 1. The van der Waals surface area contributed by atoms with E-state index in [1.165, 1.54) is 0 Å². The Morgan fingerprint density at radius 1 is 1.00 bits per heavy atom.